The Balaban J connectivity index is 1.73. The summed E-state index contributed by atoms with van der Waals surface area (Å²) in [5.74, 6) is 0.955. The van der Waals surface area contributed by atoms with E-state index in [1.165, 1.54) is 0 Å². The van der Waals surface area contributed by atoms with Crippen LogP contribution in [0.15, 0.2) is 24.3 Å². The van der Waals surface area contributed by atoms with Gasteiger partial charge in [-0.1, -0.05) is 12.1 Å². The number of rotatable bonds is 8. The fraction of sp³-hybridized carbons (Fsp3) is 0.579. The second-order valence-corrected chi connectivity index (χ2v) is 6.85. The molecule has 1 aliphatic rings. The first kappa shape index (κ1) is 20.2. The van der Waals surface area contributed by atoms with Gasteiger partial charge in [0.25, 0.3) is 0 Å². The van der Waals surface area contributed by atoms with Crippen molar-refractivity contribution in [1.82, 2.24) is 10.4 Å². The Morgan fingerprint density at radius 1 is 1.31 bits per heavy atom. The average molecular weight is 363 g/mol. The van der Waals surface area contributed by atoms with E-state index in [2.05, 4.69) is 0 Å². The first-order valence-corrected chi connectivity index (χ1v) is 9.13. The summed E-state index contributed by atoms with van der Waals surface area (Å²) in [6.45, 7) is 1.43. The number of likely N-dealkylation sites (tertiary alicyclic amines) is 1. The molecule has 7 heteroatoms. The number of piperidine rings is 1. The largest absolute Gasteiger partial charge is 0.497 e. The van der Waals surface area contributed by atoms with Crippen molar-refractivity contribution in [2.75, 3.05) is 20.2 Å². The van der Waals surface area contributed by atoms with Gasteiger partial charge < -0.3 is 15.4 Å². The van der Waals surface area contributed by atoms with Gasteiger partial charge in [-0.3, -0.25) is 14.8 Å². The van der Waals surface area contributed by atoms with Crippen molar-refractivity contribution < 1.29 is 19.5 Å². The third kappa shape index (κ3) is 6.00. The van der Waals surface area contributed by atoms with Gasteiger partial charge in [0.2, 0.25) is 11.8 Å². The summed E-state index contributed by atoms with van der Waals surface area (Å²) in [4.78, 5) is 25.4. The predicted molar refractivity (Wildman–Crippen MR) is 97.8 cm³/mol. The molecular formula is C19H29N3O4. The molecule has 4 N–H and O–H groups in total. The highest BCUT2D eigenvalue weighted by atomic mass is 16.5. The number of hydrogen-bond acceptors (Lipinski definition) is 5. The van der Waals surface area contributed by atoms with Crippen molar-refractivity contribution in [2.45, 2.75) is 44.6 Å². The number of hydroxylamine groups is 1. The maximum Gasteiger partial charge on any atom is 0.243 e. The first-order valence-electron chi connectivity index (χ1n) is 9.13. The SMILES string of the molecule is COc1ccc(CC(N)C(=O)N2CCC(CCCC(=O)NO)CC2)cc1. The zero-order valence-electron chi connectivity index (χ0n) is 15.3. The van der Waals surface area contributed by atoms with E-state index in [-0.39, 0.29) is 11.8 Å². The fourth-order valence-corrected chi connectivity index (χ4v) is 3.39. The summed E-state index contributed by atoms with van der Waals surface area (Å²) in [6.07, 6.45) is 4.40. The van der Waals surface area contributed by atoms with Crippen molar-refractivity contribution in [1.29, 1.82) is 0 Å². The Bertz CT molecular complexity index is 583. The molecule has 0 radical (unpaired) electrons. The molecule has 2 rings (SSSR count). The third-order valence-electron chi connectivity index (χ3n) is 5.00. The Kier molecular flexibility index (Phi) is 7.87. The molecule has 7 nitrogen and oxygen atoms in total. The van der Waals surface area contributed by atoms with Gasteiger partial charge in [-0.15, -0.1) is 0 Å². The van der Waals surface area contributed by atoms with Gasteiger partial charge in [0.05, 0.1) is 13.2 Å². The average Bonchev–Trinajstić information content (AvgIpc) is 2.68. The van der Waals surface area contributed by atoms with Crippen LogP contribution in [0.2, 0.25) is 0 Å². The number of carbonyl (C=O) groups is 2. The van der Waals surface area contributed by atoms with Crippen LogP contribution in [0.5, 0.6) is 5.75 Å². The Morgan fingerprint density at radius 2 is 1.96 bits per heavy atom. The lowest BCUT2D eigenvalue weighted by Crippen LogP contribution is -2.48. The molecule has 0 bridgehead atoms. The summed E-state index contributed by atoms with van der Waals surface area (Å²) in [5, 5.41) is 8.49. The van der Waals surface area contributed by atoms with Crippen LogP contribution in [0.1, 0.15) is 37.7 Å². The number of hydrogen-bond donors (Lipinski definition) is 3. The van der Waals surface area contributed by atoms with Crippen LogP contribution >= 0.6 is 0 Å². The number of ether oxygens (including phenoxy) is 1. The summed E-state index contributed by atoms with van der Waals surface area (Å²) < 4.78 is 5.13. The molecule has 0 aromatic heterocycles. The topological polar surface area (TPSA) is 105 Å². The Labute approximate surface area is 154 Å². The van der Waals surface area contributed by atoms with Crippen LogP contribution in [0.25, 0.3) is 0 Å². The third-order valence-corrected chi connectivity index (χ3v) is 5.00. The first-order chi connectivity index (χ1) is 12.5. The molecule has 1 aromatic rings. The minimum atomic E-state index is -0.534. The summed E-state index contributed by atoms with van der Waals surface area (Å²) in [6, 6.07) is 7.07. The second kappa shape index (κ2) is 10.1. The van der Waals surface area contributed by atoms with Gasteiger partial charge in [-0.2, -0.15) is 0 Å². The van der Waals surface area contributed by atoms with E-state index in [0.717, 1.165) is 37.0 Å². The standard InChI is InChI=1S/C19H29N3O4/c1-26-16-7-5-15(6-8-16)13-17(20)19(24)22-11-9-14(10-12-22)3-2-4-18(23)21-25/h5-8,14,17,25H,2-4,9-13,20H2,1H3,(H,21,23). The van der Waals surface area contributed by atoms with Crippen LogP contribution in [-0.2, 0) is 16.0 Å². The molecule has 0 spiro atoms. The summed E-state index contributed by atoms with van der Waals surface area (Å²) in [7, 11) is 1.62. The Hall–Kier alpha value is -2.12. The molecule has 1 unspecified atom stereocenters. The maximum absolute atomic E-state index is 12.6. The highest BCUT2D eigenvalue weighted by Gasteiger charge is 2.26. The van der Waals surface area contributed by atoms with Gasteiger partial charge in [0.15, 0.2) is 0 Å². The number of carbonyl (C=O) groups excluding carboxylic acids is 2. The molecule has 1 saturated heterocycles. The molecule has 1 aliphatic heterocycles. The van der Waals surface area contributed by atoms with Gasteiger partial charge in [0.1, 0.15) is 5.75 Å². The minimum absolute atomic E-state index is 0.000994. The van der Waals surface area contributed by atoms with E-state index in [1.807, 2.05) is 29.2 Å². The lowest BCUT2D eigenvalue weighted by molar-refractivity contribution is -0.134. The molecule has 26 heavy (non-hydrogen) atoms. The van der Waals surface area contributed by atoms with Crippen LogP contribution in [0.3, 0.4) is 0 Å². The van der Waals surface area contributed by atoms with Crippen molar-refractivity contribution in [2.24, 2.45) is 11.7 Å². The van der Waals surface area contributed by atoms with Crippen molar-refractivity contribution >= 4 is 11.8 Å². The number of nitrogens with zero attached hydrogens (tertiary/aromatic N) is 1. The molecule has 1 heterocycles. The summed E-state index contributed by atoms with van der Waals surface area (Å²) >= 11 is 0. The second-order valence-electron chi connectivity index (χ2n) is 6.85. The van der Waals surface area contributed by atoms with Crippen molar-refractivity contribution in [3.05, 3.63) is 29.8 Å². The highest BCUT2D eigenvalue weighted by Crippen LogP contribution is 2.23. The van der Waals surface area contributed by atoms with Crippen LogP contribution in [-0.4, -0.2) is 48.2 Å². The van der Waals surface area contributed by atoms with Crippen LogP contribution in [0, 0.1) is 5.92 Å². The number of benzene rings is 1. The predicted octanol–water partition coefficient (Wildman–Crippen LogP) is 1.48. The van der Waals surface area contributed by atoms with Gasteiger partial charge >= 0.3 is 0 Å². The van der Waals surface area contributed by atoms with Crippen LogP contribution < -0.4 is 16.0 Å². The monoisotopic (exact) mass is 363 g/mol. The van der Waals surface area contributed by atoms with E-state index < -0.39 is 6.04 Å². The quantitative estimate of drug-likeness (QED) is 0.479. The van der Waals surface area contributed by atoms with E-state index in [1.54, 1.807) is 12.6 Å². The number of methoxy groups -OCH3 is 1. The van der Waals surface area contributed by atoms with E-state index in [0.29, 0.717) is 31.8 Å². The smallest absolute Gasteiger partial charge is 0.243 e. The maximum atomic E-state index is 12.6. The molecule has 1 atom stereocenters. The lowest BCUT2D eigenvalue weighted by Gasteiger charge is -2.33. The minimum Gasteiger partial charge on any atom is -0.497 e. The normalized spacial score (nSPS) is 16.2. The van der Waals surface area contributed by atoms with Crippen molar-refractivity contribution in [3.8, 4) is 5.75 Å². The van der Waals surface area contributed by atoms with Crippen molar-refractivity contribution in [3.63, 3.8) is 0 Å². The molecule has 1 fully saturated rings. The molecular weight excluding hydrogens is 334 g/mol. The number of nitrogens with one attached hydrogen (secondary N) is 1. The summed E-state index contributed by atoms with van der Waals surface area (Å²) in [5.41, 5.74) is 8.79. The zero-order valence-corrected chi connectivity index (χ0v) is 15.3. The highest BCUT2D eigenvalue weighted by molar-refractivity contribution is 5.82. The van der Waals surface area contributed by atoms with E-state index >= 15 is 0 Å². The van der Waals surface area contributed by atoms with Gasteiger partial charge in [0, 0.05) is 19.5 Å². The molecule has 2 amide bonds. The fourth-order valence-electron chi connectivity index (χ4n) is 3.39. The number of nitrogens with two attached hydrogens (primary N) is 1. The lowest BCUT2D eigenvalue weighted by atomic mass is 9.91. The molecule has 0 saturated carbocycles. The van der Waals surface area contributed by atoms with E-state index in [9.17, 15) is 9.59 Å². The molecule has 1 aromatic carbocycles. The van der Waals surface area contributed by atoms with E-state index in [4.69, 9.17) is 15.7 Å². The van der Waals surface area contributed by atoms with Gasteiger partial charge in [-0.25, -0.2) is 5.48 Å². The molecule has 0 aliphatic carbocycles. The van der Waals surface area contributed by atoms with Gasteiger partial charge in [-0.05, 0) is 55.7 Å². The van der Waals surface area contributed by atoms with Crippen LogP contribution in [0.4, 0.5) is 0 Å². The zero-order chi connectivity index (χ0) is 18.9. The molecule has 144 valence electrons. The number of amides is 2. The Morgan fingerprint density at radius 3 is 2.54 bits per heavy atom.